The van der Waals surface area contributed by atoms with Crippen molar-refractivity contribution in [1.82, 2.24) is 19.9 Å². The maximum Gasteiger partial charge on any atom is 0.340 e. The van der Waals surface area contributed by atoms with Gasteiger partial charge in [-0.3, -0.25) is 4.98 Å². The molecule has 0 saturated carbocycles. The number of anilines is 1. The largest absolute Gasteiger partial charge is 0.493 e. The monoisotopic (exact) mass is 437 g/mol. The first kappa shape index (κ1) is 21.2. The van der Waals surface area contributed by atoms with Gasteiger partial charge in [-0.05, 0) is 12.1 Å². The molecule has 1 atom stereocenters. The van der Waals surface area contributed by atoms with Gasteiger partial charge in [0.15, 0.2) is 11.5 Å². The summed E-state index contributed by atoms with van der Waals surface area (Å²) in [4.78, 5) is 39.5. The summed E-state index contributed by atoms with van der Waals surface area (Å²) in [6, 6.07) is 7.64. The number of hydrogen-bond donors (Lipinski definition) is 2. The molecule has 2 N–H and O–H groups in total. The molecule has 0 spiro atoms. The molecule has 10 heteroatoms. The molecule has 1 aliphatic heterocycles. The summed E-state index contributed by atoms with van der Waals surface area (Å²) < 4.78 is 15.5. The highest BCUT2D eigenvalue weighted by Gasteiger charge is 2.35. The fourth-order valence-corrected chi connectivity index (χ4v) is 3.78. The molecule has 10 nitrogen and oxygen atoms in total. The van der Waals surface area contributed by atoms with E-state index < -0.39 is 18.0 Å². The number of imidazole rings is 1. The number of carbonyl (C=O) groups excluding carboxylic acids is 2. The van der Waals surface area contributed by atoms with E-state index in [0.29, 0.717) is 30.2 Å². The molecule has 0 radical (unpaired) electrons. The molecule has 0 aliphatic carbocycles. The summed E-state index contributed by atoms with van der Waals surface area (Å²) in [5, 5.41) is 2.83. The quantitative estimate of drug-likeness (QED) is 0.589. The summed E-state index contributed by atoms with van der Waals surface area (Å²) in [6.07, 6.45) is 3.91. The number of hydrogen-bond acceptors (Lipinski definition) is 7. The fraction of sp³-hybridized carbons (Fsp3) is 0.273. The molecular formula is C22H23N5O5. The third kappa shape index (κ3) is 3.82. The van der Waals surface area contributed by atoms with E-state index in [0.717, 1.165) is 11.4 Å². The Kier molecular flexibility index (Phi) is 5.93. The van der Waals surface area contributed by atoms with Gasteiger partial charge in [-0.25, -0.2) is 14.6 Å². The lowest BCUT2D eigenvalue weighted by Gasteiger charge is -2.34. The average molecular weight is 437 g/mol. The molecule has 3 heterocycles. The smallest absolute Gasteiger partial charge is 0.340 e. The zero-order valence-electron chi connectivity index (χ0n) is 17.9. The number of nitrogens with zero attached hydrogens (tertiary/aromatic N) is 3. The molecular weight excluding hydrogens is 414 g/mol. The second-order valence-corrected chi connectivity index (χ2v) is 7.04. The van der Waals surface area contributed by atoms with Crippen LogP contribution >= 0.6 is 0 Å². The number of esters is 1. The third-order valence-electron chi connectivity index (χ3n) is 5.32. The number of rotatable bonds is 5. The second kappa shape index (κ2) is 8.96. The van der Waals surface area contributed by atoms with Crippen LogP contribution in [0, 0.1) is 0 Å². The molecule has 0 saturated heterocycles. The topological polar surface area (TPSA) is 119 Å². The summed E-state index contributed by atoms with van der Waals surface area (Å²) in [5.41, 5.74) is 2.78. The minimum absolute atomic E-state index is 0.144. The number of carbonyl (C=O) groups is 2. The van der Waals surface area contributed by atoms with Crippen LogP contribution in [-0.2, 0) is 11.2 Å². The Hall–Kier alpha value is -4.08. The number of aromatic nitrogens is 3. The molecule has 32 heavy (non-hydrogen) atoms. The highest BCUT2D eigenvalue weighted by atomic mass is 16.5. The number of benzene rings is 1. The van der Waals surface area contributed by atoms with E-state index in [2.05, 4.69) is 20.3 Å². The van der Waals surface area contributed by atoms with E-state index in [4.69, 9.17) is 14.2 Å². The molecule has 3 aromatic rings. The minimum Gasteiger partial charge on any atom is -0.493 e. The lowest BCUT2D eigenvalue weighted by atomic mass is 9.99. The van der Waals surface area contributed by atoms with Crippen molar-refractivity contribution in [3.05, 3.63) is 65.5 Å². The van der Waals surface area contributed by atoms with Gasteiger partial charge in [-0.1, -0.05) is 6.07 Å². The van der Waals surface area contributed by atoms with Gasteiger partial charge < -0.3 is 29.4 Å². The van der Waals surface area contributed by atoms with Crippen LogP contribution in [0.25, 0.3) is 0 Å². The molecule has 1 aliphatic rings. The molecule has 0 bridgehead atoms. The van der Waals surface area contributed by atoms with Gasteiger partial charge in [0.1, 0.15) is 6.04 Å². The van der Waals surface area contributed by atoms with Crippen LogP contribution in [0.5, 0.6) is 11.5 Å². The number of methoxy groups -OCH3 is 3. The van der Waals surface area contributed by atoms with Crippen LogP contribution in [-0.4, -0.2) is 59.7 Å². The van der Waals surface area contributed by atoms with E-state index in [1.54, 1.807) is 17.4 Å². The third-order valence-corrected chi connectivity index (χ3v) is 5.32. The van der Waals surface area contributed by atoms with Gasteiger partial charge in [-0.2, -0.15) is 0 Å². The van der Waals surface area contributed by atoms with Crippen LogP contribution in [0.3, 0.4) is 0 Å². The zero-order chi connectivity index (χ0) is 22.7. The number of aromatic amines is 1. The van der Waals surface area contributed by atoms with Crippen molar-refractivity contribution < 1.29 is 23.8 Å². The SMILES string of the molecule is COC(=O)c1cc(OC)c(OC)cc1NC(=O)N1CCc2[nH]cnc2C1c1ccccn1. The van der Waals surface area contributed by atoms with Gasteiger partial charge in [0, 0.05) is 37.0 Å². The summed E-state index contributed by atoms with van der Waals surface area (Å²) in [5.74, 6) is 0.0946. The molecule has 4 rings (SSSR count). The first-order valence-corrected chi connectivity index (χ1v) is 9.92. The van der Waals surface area contributed by atoms with Crippen molar-refractivity contribution in [3.8, 4) is 11.5 Å². The summed E-state index contributed by atoms with van der Waals surface area (Å²) >= 11 is 0. The van der Waals surface area contributed by atoms with Crippen molar-refractivity contribution in [2.24, 2.45) is 0 Å². The number of amides is 2. The molecule has 0 fully saturated rings. The Morgan fingerprint density at radius 1 is 1.12 bits per heavy atom. The van der Waals surface area contributed by atoms with Crippen molar-refractivity contribution in [2.45, 2.75) is 12.5 Å². The maximum atomic E-state index is 13.4. The van der Waals surface area contributed by atoms with Gasteiger partial charge in [-0.15, -0.1) is 0 Å². The summed E-state index contributed by atoms with van der Waals surface area (Å²) in [7, 11) is 4.21. The number of fused-ring (bicyclic) bond motifs is 1. The highest BCUT2D eigenvalue weighted by molar-refractivity contribution is 6.02. The van der Waals surface area contributed by atoms with Gasteiger partial charge in [0.05, 0.1) is 50.3 Å². The predicted molar refractivity (Wildman–Crippen MR) is 115 cm³/mol. The number of H-pyrrole nitrogens is 1. The van der Waals surface area contributed by atoms with Crippen molar-refractivity contribution in [3.63, 3.8) is 0 Å². The predicted octanol–water partition coefficient (Wildman–Crippen LogP) is 2.79. The van der Waals surface area contributed by atoms with E-state index in [9.17, 15) is 9.59 Å². The average Bonchev–Trinajstić information content (AvgIpc) is 3.32. The van der Waals surface area contributed by atoms with Crippen LogP contribution in [0.4, 0.5) is 10.5 Å². The Labute approximate surface area is 184 Å². The second-order valence-electron chi connectivity index (χ2n) is 7.04. The Bertz CT molecular complexity index is 1130. The Morgan fingerprint density at radius 3 is 2.59 bits per heavy atom. The number of urea groups is 1. The number of nitrogens with one attached hydrogen (secondary N) is 2. The molecule has 1 aromatic carbocycles. The Morgan fingerprint density at radius 2 is 1.91 bits per heavy atom. The maximum absolute atomic E-state index is 13.4. The first-order chi connectivity index (χ1) is 15.6. The lowest BCUT2D eigenvalue weighted by molar-refractivity contribution is 0.0601. The van der Waals surface area contributed by atoms with Gasteiger partial charge in [0.25, 0.3) is 0 Å². The van der Waals surface area contributed by atoms with Crippen LogP contribution in [0.1, 0.15) is 33.5 Å². The van der Waals surface area contributed by atoms with E-state index in [1.807, 2.05) is 18.2 Å². The van der Waals surface area contributed by atoms with Crippen LogP contribution < -0.4 is 14.8 Å². The highest BCUT2D eigenvalue weighted by Crippen LogP contribution is 2.36. The molecule has 2 amide bonds. The normalized spacial score (nSPS) is 15.0. The fourth-order valence-electron chi connectivity index (χ4n) is 3.78. The summed E-state index contributed by atoms with van der Waals surface area (Å²) in [6.45, 7) is 0.434. The van der Waals surface area contributed by atoms with E-state index in [1.165, 1.54) is 33.5 Å². The lowest BCUT2D eigenvalue weighted by Crippen LogP contribution is -2.43. The van der Waals surface area contributed by atoms with E-state index in [-0.39, 0.29) is 11.3 Å². The van der Waals surface area contributed by atoms with Gasteiger partial charge >= 0.3 is 12.0 Å². The molecule has 2 aromatic heterocycles. The van der Waals surface area contributed by atoms with Crippen molar-refractivity contribution in [1.29, 1.82) is 0 Å². The van der Waals surface area contributed by atoms with Crippen molar-refractivity contribution in [2.75, 3.05) is 33.2 Å². The van der Waals surface area contributed by atoms with Crippen molar-refractivity contribution >= 4 is 17.7 Å². The van der Waals surface area contributed by atoms with Crippen LogP contribution in [0.2, 0.25) is 0 Å². The van der Waals surface area contributed by atoms with Gasteiger partial charge in [0.2, 0.25) is 0 Å². The van der Waals surface area contributed by atoms with E-state index >= 15 is 0 Å². The Balaban J connectivity index is 1.71. The molecule has 1 unspecified atom stereocenters. The standard InChI is InChI=1S/C22H23N5O5/c1-30-17-10-13(21(28)32-3)16(11-18(17)31-2)26-22(29)27-9-7-14-19(25-12-24-14)20(27)15-6-4-5-8-23-15/h4-6,8,10-12,20H,7,9H2,1-3H3,(H,24,25)(H,26,29). The first-order valence-electron chi connectivity index (χ1n) is 9.92. The van der Waals surface area contributed by atoms with Crippen LogP contribution in [0.15, 0.2) is 42.9 Å². The number of pyridine rings is 1. The minimum atomic E-state index is -0.615. The number of ether oxygens (including phenoxy) is 3. The zero-order valence-corrected chi connectivity index (χ0v) is 17.9. The molecule has 166 valence electrons.